The van der Waals surface area contributed by atoms with E-state index in [1.807, 2.05) is 25.1 Å². The number of aryl methyl sites for hydroxylation is 1. The molecule has 0 spiro atoms. The first-order valence-electron chi connectivity index (χ1n) is 7.83. The van der Waals surface area contributed by atoms with Crippen LogP contribution in [0.1, 0.15) is 5.56 Å². The molecular formula is C18H18FNO4S. The number of benzene rings is 2. The molecule has 1 heterocycles. The van der Waals surface area contributed by atoms with Gasteiger partial charge in [0.05, 0.1) is 4.90 Å². The number of carbonyl (C=O) groups is 1. The van der Waals surface area contributed by atoms with Gasteiger partial charge in [-0.15, -0.1) is 0 Å². The van der Waals surface area contributed by atoms with Crippen molar-refractivity contribution in [3.8, 4) is 5.75 Å². The van der Waals surface area contributed by atoms with Crippen LogP contribution in [-0.2, 0) is 14.6 Å². The quantitative estimate of drug-likeness (QED) is 0.764. The number of likely N-dealkylation sites (tertiary alicyclic amines) is 1. The average molecular weight is 363 g/mol. The van der Waals surface area contributed by atoms with E-state index in [4.69, 9.17) is 4.74 Å². The molecule has 25 heavy (non-hydrogen) atoms. The fraction of sp³-hybridized carbons (Fsp3) is 0.278. The monoisotopic (exact) mass is 363 g/mol. The first-order valence-corrected chi connectivity index (χ1v) is 9.38. The highest BCUT2D eigenvalue weighted by molar-refractivity contribution is 7.92. The van der Waals surface area contributed by atoms with Crippen molar-refractivity contribution in [2.24, 2.45) is 0 Å². The maximum Gasteiger partial charge on any atom is 0.260 e. The molecule has 1 aliphatic rings. The molecule has 0 saturated carbocycles. The van der Waals surface area contributed by atoms with Crippen molar-refractivity contribution in [2.75, 3.05) is 19.7 Å². The van der Waals surface area contributed by atoms with E-state index in [-0.39, 0.29) is 30.5 Å². The Bertz CT molecular complexity index is 874. The normalized spacial score (nSPS) is 14.9. The van der Waals surface area contributed by atoms with Gasteiger partial charge in [0.25, 0.3) is 5.91 Å². The van der Waals surface area contributed by atoms with Crippen LogP contribution in [0.25, 0.3) is 0 Å². The van der Waals surface area contributed by atoms with Gasteiger partial charge in [-0.05, 0) is 42.8 Å². The molecule has 132 valence electrons. The zero-order valence-electron chi connectivity index (χ0n) is 13.7. The van der Waals surface area contributed by atoms with Crippen LogP contribution in [0.4, 0.5) is 4.39 Å². The van der Waals surface area contributed by atoms with Crippen LogP contribution in [0.3, 0.4) is 0 Å². The minimum absolute atomic E-state index is 0.0714. The second-order valence-electron chi connectivity index (χ2n) is 5.97. The first kappa shape index (κ1) is 17.4. The van der Waals surface area contributed by atoms with Crippen molar-refractivity contribution in [3.05, 3.63) is 59.9 Å². The summed E-state index contributed by atoms with van der Waals surface area (Å²) in [6.07, 6.45) is 0. The van der Waals surface area contributed by atoms with Gasteiger partial charge in [0.1, 0.15) is 16.8 Å². The predicted molar refractivity (Wildman–Crippen MR) is 90.6 cm³/mol. The Morgan fingerprint density at radius 2 is 1.80 bits per heavy atom. The van der Waals surface area contributed by atoms with E-state index in [0.717, 1.165) is 17.7 Å². The van der Waals surface area contributed by atoms with Crippen LogP contribution in [0.15, 0.2) is 53.4 Å². The summed E-state index contributed by atoms with van der Waals surface area (Å²) in [5.74, 6) is -0.113. The van der Waals surface area contributed by atoms with E-state index >= 15 is 0 Å². The molecule has 0 aliphatic carbocycles. The first-order chi connectivity index (χ1) is 11.9. The summed E-state index contributed by atoms with van der Waals surface area (Å²) < 4.78 is 43.3. The van der Waals surface area contributed by atoms with Gasteiger partial charge in [-0.2, -0.15) is 0 Å². The Balaban J connectivity index is 1.55. The summed E-state index contributed by atoms with van der Waals surface area (Å²) in [5, 5.41) is -0.666. The smallest absolute Gasteiger partial charge is 0.260 e. The maximum absolute atomic E-state index is 12.9. The van der Waals surface area contributed by atoms with Crippen molar-refractivity contribution in [2.45, 2.75) is 17.1 Å². The molecule has 0 radical (unpaired) electrons. The van der Waals surface area contributed by atoms with Gasteiger partial charge >= 0.3 is 0 Å². The van der Waals surface area contributed by atoms with Crippen LogP contribution in [0, 0.1) is 12.7 Å². The molecule has 3 rings (SSSR count). The summed E-state index contributed by atoms with van der Waals surface area (Å²) >= 11 is 0. The number of hydrogen-bond donors (Lipinski definition) is 0. The van der Waals surface area contributed by atoms with Gasteiger partial charge in [0, 0.05) is 13.1 Å². The van der Waals surface area contributed by atoms with Gasteiger partial charge in [0.2, 0.25) is 0 Å². The largest absolute Gasteiger partial charge is 0.484 e. The van der Waals surface area contributed by atoms with E-state index in [0.29, 0.717) is 5.75 Å². The molecule has 2 aromatic rings. The number of para-hydroxylation sites is 1. The third-order valence-corrected chi connectivity index (χ3v) is 6.33. The number of halogens is 1. The van der Waals surface area contributed by atoms with Crippen molar-refractivity contribution < 1.29 is 22.3 Å². The number of carbonyl (C=O) groups excluding carboxylic acids is 1. The number of rotatable bonds is 5. The van der Waals surface area contributed by atoms with E-state index in [1.54, 1.807) is 6.07 Å². The lowest BCUT2D eigenvalue weighted by Gasteiger charge is -2.38. The van der Waals surface area contributed by atoms with E-state index < -0.39 is 20.9 Å². The van der Waals surface area contributed by atoms with Gasteiger partial charge in [-0.3, -0.25) is 4.79 Å². The van der Waals surface area contributed by atoms with Crippen LogP contribution in [-0.4, -0.2) is 44.2 Å². The molecule has 0 aromatic heterocycles. The highest BCUT2D eigenvalue weighted by Gasteiger charge is 2.40. The molecule has 7 heteroatoms. The molecule has 1 fully saturated rings. The SMILES string of the molecule is Cc1ccccc1OCC(=O)N1CC(S(=O)(=O)c2ccc(F)cc2)C1. The van der Waals surface area contributed by atoms with Gasteiger partial charge in [0.15, 0.2) is 16.4 Å². The molecule has 1 saturated heterocycles. The third kappa shape index (κ3) is 3.66. The van der Waals surface area contributed by atoms with Crippen LogP contribution >= 0.6 is 0 Å². The summed E-state index contributed by atoms with van der Waals surface area (Å²) in [6.45, 7) is 1.99. The third-order valence-electron chi connectivity index (χ3n) is 4.23. The second-order valence-corrected chi connectivity index (χ2v) is 8.20. The molecule has 1 amide bonds. The Hall–Kier alpha value is -2.41. The molecule has 0 unspecified atom stereocenters. The van der Waals surface area contributed by atoms with E-state index in [2.05, 4.69) is 0 Å². The minimum Gasteiger partial charge on any atom is -0.484 e. The lowest BCUT2D eigenvalue weighted by molar-refractivity contribution is -0.136. The lowest BCUT2D eigenvalue weighted by Crippen LogP contribution is -2.57. The van der Waals surface area contributed by atoms with Crippen molar-refractivity contribution in [1.29, 1.82) is 0 Å². The standard InChI is InChI=1S/C18H18FNO4S/c1-13-4-2-3-5-17(13)24-12-18(21)20-10-16(11-20)25(22,23)15-8-6-14(19)7-9-15/h2-9,16H,10-12H2,1H3. The van der Waals surface area contributed by atoms with Crippen molar-refractivity contribution >= 4 is 15.7 Å². The van der Waals surface area contributed by atoms with Crippen LogP contribution in [0.5, 0.6) is 5.75 Å². The number of sulfone groups is 1. The topological polar surface area (TPSA) is 63.7 Å². The number of amides is 1. The molecule has 1 aliphatic heterocycles. The lowest BCUT2D eigenvalue weighted by atomic mass is 10.2. The molecular weight excluding hydrogens is 345 g/mol. The summed E-state index contributed by atoms with van der Waals surface area (Å²) in [4.78, 5) is 13.6. The number of nitrogens with zero attached hydrogens (tertiary/aromatic N) is 1. The average Bonchev–Trinajstić information content (AvgIpc) is 2.53. The summed E-state index contributed by atoms with van der Waals surface area (Å²) in [7, 11) is -3.56. The highest BCUT2D eigenvalue weighted by Crippen LogP contribution is 2.24. The van der Waals surface area contributed by atoms with E-state index in [1.165, 1.54) is 17.0 Å². The Morgan fingerprint density at radius 1 is 1.16 bits per heavy atom. The fourth-order valence-electron chi connectivity index (χ4n) is 2.60. The maximum atomic E-state index is 12.9. The van der Waals surface area contributed by atoms with Gasteiger partial charge < -0.3 is 9.64 Å². The minimum atomic E-state index is -3.56. The van der Waals surface area contributed by atoms with Gasteiger partial charge in [-0.1, -0.05) is 18.2 Å². The molecule has 0 N–H and O–H groups in total. The zero-order chi connectivity index (χ0) is 18.0. The van der Waals surface area contributed by atoms with Gasteiger partial charge in [-0.25, -0.2) is 12.8 Å². The van der Waals surface area contributed by atoms with Crippen molar-refractivity contribution in [1.82, 2.24) is 4.90 Å². The molecule has 0 atom stereocenters. The fourth-order valence-corrected chi connectivity index (χ4v) is 4.26. The van der Waals surface area contributed by atoms with E-state index in [9.17, 15) is 17.6 Å². The predicted octanol–water partition coefficient (Wildman–Crippen LogP) is 2.20. The molecule has 0 bridgehead atoms. The highest BCUT2D eigenvalue weighted by atomic mass is 32.2. The second kappa shape index (κ2) is 6.84. The molecule has 5 nitrogen and oxygen atoms in total. The van der Waals surface area contributed by atoms with Crippen LogP contribution < -0.4 is 4.74 Å². The number of hydrogen-bond acceptors (Lipinski definition) is 4. The summed E-state index contributed by atoms with van der Waals surface area (Å²) in [6, 6.07) is 12.1. The Labute approximate surface area is 145 Å². The molecule has 2 aromatic carbocycles. The summed E-state index contributed by atoms with van der Waals surface area (Å²) in [5.41, 5.74) is 0.927. The Kier molecular flexibility index (Phi) is 4.76. The Morgan fingerprint density at radius 3 is 2.44 bits per heavy atom. The number of ether oxygens (including phenoxy) is 1. The van der Waals surface area contributed by atoms with Crippen LogP contribution in [0.2, 0.25) is 0 Å². The zero-order valence-corrected chi connectivity index (χ0v) is 14.5. The van der Waals surface area contributed by atoms with Crippen molar-refractivity contribution in [3.63, 3.8) is 0 Å².